The van der Waals surface area contributed by atoms with Crippen LogP contribution in [0.5, 0.6) is 11.5 Å². The van der Waals surface area contributed by atoms with Crippen LogP contribution in [0.2, 0.25) is 0 Å². The summed E-state index contributed by atoms with van der Waals surface area (Å²) in [7, 11) is 3.25. The summed E-state index contributed by atoms with van der Waals surface area (Å²) in [5, 5.41) is 17.3. The number of phenols is 2. The maximum Gasteiger partial charge on any atom is 0.119 e. The van der Waals surface area contributed by atoms with Crippen LogP contribution in [-0.4, -0.2) is 29.9 Å². The minimum absolute atomic E-state index is 0. The fourth-order valence-corrected chi connectivity index (χ4v) is 0.493. The van der Waals surface area contributed by atoms with Crippen molar-refractivity contribution in [1.29, 1.82) is 0 Å². The van der Waals surface area contributed by atoms with Crippen LogP contribution in [0, 0.1) is 0 Å². The molecule has 0 saturated carbocycles. The number of rotatable bonds is 0. The molecule has 4 nitrogen and oxygen atoms in total. The lowest BCUT2D eigenvalue weighted by Gasteiger charge is -1.89. The highest BCUT2D eigenvalue weighted by atomic mass is 16.4. The van der Waals surface area contributed by atoms with E-state index in [-0.39, 0.29) is 17.0 Å². The van der Waals surface area contributed by atoms with Crippen LogP contribution in [0.3, 0.4) is 0 Å². The largest absolute Gasteiger partial charge is 0.508 e. The fraction of sp³-hybridized carbons (Fsp3) is 0.250. The van der Waals surface area contributed by atoms with Gasteiger partial charge in [-0.25, -0.2) is 0 Å². The zero-order valence-corrected chi connectivity index (χ0v) is 7.11. The minimum Gasteiger partial charge on any atom is -0.508 e. The molecule has 4 heteroatoms. The lowest BCUT2D eigenvalue weighted by Crippen LogP contribution is -1.61. The monoisotopic (exact) mass is 174 g/mol. The van der Waals surface area contributed by atoms with Crippen molar-refractivity contribution in [1.82, 2.24) is 0 Å². The van der Waals surface area contributed by atoms with Gasteiger partial charge in [0, 0.05) is 20.3 Å². The second kappa shape index (κ2) is 7.84. The summed E-state index contributed by atoms with van der Waals surface area (Å²) >= 11 is 0. The first-order valence-electron chi connectivity index (χ1n) is 3.09. The van der Waals surface area contributed by atoms with Crippen LogP contribution in [0.15, 0.2) is 24.3 Å². The fourth-order valence-electron chi connectivity index (χ4n) is 0.493. The van der Waals surface area contributed by atoms with Crippen LogP contribution in [-0.2, 0) is 4.74 Å². The average molecular weight is 174 g/mol. The molecule has 0 fully saturated rings. The van der Waals surface area contributed by atoms with Gasteiger partial charge in [0.15, 0.2) is 0 Å². The zero-order chi connectivity index (χ0) is 8.69. The van der Waals surface area contributed by atoms with Crippen molar-refractivity contribution in [2.75, 3.05) is 14.2 Å². The van der Waals surface area contributed by atoms with E-state index in [4.69, 9.17) is 10.2 Å². The van der Waals surface area contributed by atoms with Crippen LogP contribution < -0.4 is 0 Å². The van der Waals surface area contributed by atoms with Crippen molar-refractivity contribution in [3.8, 4) is 11.5 Å². The SMILES string of the molecule is COC.O.Oc1cccc(O)c1. The molecule has 0 aliphatic heterocycles. The highest BCUT2D eigenvalue weighted by Crippen LogP contribution is 2.14. The molecular weight excluding hydrogens is 160 g/mol. The summed E-state index contributed by atoms with van der Waals surface area (Å²) in [6, 6.07) is 5.85. The first-order chi connectivity index (χ1) is 5.20. The number of hydrogen-bond donors (Lipinski definition) is 2. The van der Waals surface area contributed by atoms with Crippen molar-refractivity contribution in [3.63, 3.8) is 0 Å². The molecule has 70 valence electrons. The third-order valence-electron chi connectivity index (χ3n) is 0.830. The molecule has 1 aromatic rings. The van der Waals surface area contributed by atoms with E-state index in [1.54, 1.807) is 20.3 Å². The smallest absolute Gasteiger partial charge is 0.119 e. The van der Waals surface area contributed by atoms with Crippen LogP contribution in [0.1, 0.15) is 0 Å². The number of ether oxygens (including phenoxy) is 1. The Hall–Kier alpha value is -1.26. The second-order valence-corrected chi connectivity index (χ2v) is 1.93. The molecule has 0 radical (unpaired) electrons. The van der Waals surface area contributed by atoms with Gasteiger partial charge in [0.1, 0.15) is 11.5 Å². The Bertz CT molecular complexity index is 183. The highest BCUT2D eigenvalue weighted by Gasteiger charge is 1.85. The number of benzene rings is 1. The standard InChI is InChI=1S/C6H6O2.C2H6O.H2O/c7-5-2-1-3-6(8)4-5;1-3-2;/h1-4,7-8H;1-2H3;1H2. The van der Waals surface area contributed by atoms with E-state index in [1.165, 1.54) is 18.2 Å². The Labute approximate surface area is 71.3 Å². The highest BCUT2D eigenvalue weighted by molar-refractivity contribution is 5.30. The van der Waals surface area contributed by atoms with E-state index in [1.807, 2.05) is 0 Å². The van der Waals surface area contributed by atoms with Crippen LogP contribution in [0.4, 0.5) is 0 Å². The molecule has 0 saturated heterocycles. The van der Waals surface area contributed by atoms with Gasteiger partial charge in [-0.1, -0.05) is 6.07 Å². The predicted octanol–water partition coefficient (Wildman–Crippen LogP) is 0.536. The molecule has 0 bridgehead atoms. The Morgan fingerprint density at radius 1 is 1.08 bits per heavy atom. The van der Waals surface area contributed by atoms with Gasteiger partial charge in [0.25, 0.3) is 0 Å². The van der Waals surface area contributed by atoms with Gasteiger partial charge in [-0.15, -0.1) is 0 Å². The Morgan fingerprint density at radius 3 is 1.58 bits per heavy atom. The average Bonchev–Trinajstić information content (AvgIpc) is 1.88. The van der Waals surface area contributed by atoms with E-state index >= 15 is 0 Å². The predicted molar refractivity (Wildman–Crippen MR) is 46.3 cm³/mol. The van der Waals surface area contributed by atoms with Crippen molar-refractivity contribution in [2.24, 2.45) is 0 Å². The van der Waals surface area contributed by atoms with Crippen molar-refractivity contribution in [2.45, 2.75) is 0 Å². The first kappa shape index (κ1) is 13.3. The Kier molecular flexibility index (Phi) is 8.72. The summed E-state index contributed by atoms with van der Waals surface area (Å²) in [4.78, 5) is 0. The van der Waals surface area contributed by atoms with Gasteiger partial charge < -0.3 is 20.4 Å². The third-order valence-corrected chi connectivity index (χ3v) is 0.830. The first-order valence-corrected chi connectivity index (χ1v) is 3.09. The van der Waals surface area contributed by atoms with Crippen molar-refractivity contribution < 1.29 is 20.4 Å². The Morgan fingerprint density at radius 2 is 1.42 bits per heavy atom. The van der Waals surface area contributed by atoms with E-state index in [2.05, 4.69) is 4.74 Å². The van der Waals surface area contributed by atoms with Gasteiger partial charge in [0.2, 0.25) is 0 Å². The van der Waals surface area contributed by atoms with Gasteiger partial charge >= 0.3 is 0 Å². The van der Waals surface area contributed by atoms with E-state index in [9.17, 15) is 0 Å². The topological polar surface area (TPSA) is 81.2 Å². The molecule has 0 aliphatic carbocycles. The molecule has 0 aromatic heterocycles. The van der Waals surface area contributed by atoms with E-state index < -0.39 is 0 Å². The van der Waals surface area contributed by atoms with E-state index in [0.29, 0.717) is 0 Å². The summed E-state index contributed by atoms with van der Waals surface area (Å²) in [6.45, 7) is 0. The maximum atomic E-state index is 8.65. The lowest BCUT2D eigenvalue weighted by molar-refractivity contribution is 0.277. The zero-order valence-electron chi connectivity index (χ0n) is 7.11. The maximum absolute atomic E-state index is 8.65. The molecule has 0 aliphatic rings. The number of aromatic hydroxyl groups is 2. The number of methoxy groups -OCH3 is 1. The number of hydrogen-bond acceptors (Lipinski definition) is 3. The molecule has 0 atom stereocenters. The molecule has 1 rings (SSSR count). The number of phenolic OH excluding ortho intramolecular Hbond substituents is 2. The molecule has 12 heavy (non-hydrogen) atoms. The normalized spacial score (nSPS) is 7.50. The summed E-state index contributed by atoms with van der Waals surface area (Å²) in [5.41, 5.74) is 0. The molecule has 0 amide bonds. The third kappa shape index (κ3) is 6.85. The Balaban J connectivity index is 0. The molecule has 4 N–H and O–H groups in total. The van der Waals surface area contributed by atoms with Crippen LogP contribution in [0.25, 0.3) is 0 Å². The molecule has 1 aromatic carbocycles. The van der Waals surface area contributed by atoms with Crippen LogP contribution >= 0.6 is 0 Å². The molecule has 0 heterocycles. The molecule has 0 unspecified atom stereocenters. The van der Waals surface area contributed by atoms with Gasteiger partial charge in [-0.3, -0.25) is 0 Å². The van der Waals surface area contributed by atoms with Crippen molar-refractivity contribution in [3.05, 3.63) is 24.3 Å². The molecule has 0 spiro atoms. The summed E-state index contributed by atoms with van der Waals surface area (Å²) in [5.74, 6) is 0.176. The minimum atomic E-state index is 0. The quantitative estimate of drug-likeness (QED) is 0.602. The van der Waals surface area contributed by atoms with E-state index in [0.717, 1.165) is 0 Å². The van der Waals surface area contributed by atoms with Gasteiger partial charge in [-0.2, -0.15) is 0 Å². The van der Waals surface area contributed by atoms with Crippen molar-refractivity contribution >= 4 is 0 Å². The van der Waals surface area contributed by atoms with Gasteiger partial charge in [-0.05, 0) is 12.1 Å². The second-order valence-electron chi connectivity index (χ2n) is 1.93. The summed E-state index contributed by atoms with van der Waals surface area (Å²) in [6.07, 6.45) is 0. The van der Waals surface area contributed by atoms with Gasteiger partial charge in [0.05, 0.1) is 0 Å². The molecular formula is C8H14O4. The lowest BCUT2D eigenvalue weighted by atomic mass is 10.3. The summed E-state index contributed by atoms with van der Waals surface area (Å²) < 4.78 is 4.25.